The molecule has 0 atom stereocenters. The highest BCUT2D eigenvalue weighted by atomic mass is 16.5. The highest BCUT2D eigenvalue weighted by Gasteiger charge is 2.23. The molecule has 0 radical (unpaired) electrons. The first kappa shape index (κ1) is 16.8. The molecule has 2 aromatic carbocycles. The number of amides is 1. The van der Waals surface area contributed by atoms with E-state index in [4.69, 9.17) is 14.6 Å². The Balaban J connectivity index is 1.87. The van der Waals surface area contributed by atoms with Crippen molar-refractivity contribution in [3.63, 3.8) is 0 Å². The van der Waals surface area contributed by atoms with E-state index in [1.165, 1.54) is 14.2 Å². The molecule has 25 heavy (non-hydrogen) atoms. The number of rotatable bonds is 4. The molecular weight excluding hydrogens is 322 g/mol. The van der Waals surface area contributed by atoms with E-state index in [1.54, 1.807) is 35.2 Å². The third-order valence-electron chi connectivity index (χ3n) is 4.35. The summed E-state index contributed by atoms with van der Waals surface area (Å²) in [6, 6.07) is 10.1. The molecule has 130 valence electrons. The summed E-state index contributed by atoms with van der Waals surface area (Å²) < 4.78 is 10.4. The molecular formula is C19H19NO5. The molecule has 1 heterocycles. The quantitative estimate of drug-likeness (QED) is 0.925. The van der Waals surface area contributed by atoms with Crippen molar-refractivity contribution in [3.05, 3.63) is 58.7 Å². The fraction of sp³-hybridized carbons (Fsp3) is 0.263. The summed E-state index contributed by atoms with van der Waals surface area (Å²) >= 11 is 0. The maximum Gasteiger partial charge on any atom is 0.335 e. The summed E-state index contributed by atoms with van der Waals surface area (Å²) in [7, 11) is 3.07. The van der Waals surface area contributed by atoms with Crippen molar-refractivity contribution >= 4 is 11.9 Å². The highest BCUT2D eigenvalue weighted by Crippen LogP contribution is 2.26. The number of carboxylic acids is 1. The Morgan fingerprint density at radius 2 is 1.64 bits per heavy atom. The zero-order chi connectivity index (χ0) is 18.0. The van der Waals surface area contributed by atoms with E-state index in [2.05, 4.69) is 0 Å². The number of methoxy groups -OCH3 is 2. The van der Waals surface area contributed by atoms with Gasteiger partial charge in [-0.2, -0.15) is 0 Å². The van der Waals surface area contributed by atoms with Gasteiger partial charge in [0.2, 0.25) is 0 Å². The summed E-state index contributed by atoms with van der Waals surface area (Å²) in [5.74, 6) is -0.00564. The van der Waals surface area contributed by atoms with Crippen LogP contribution in [0.4, 0.5) is 0 Å². The van der Waals surface area contributed by atoms with Crippen LogP contribution in [0.5, 0.6) is 11.5 Å². The number of benzene rings is 2. The summed E-state index contributed by atoms with van der Waals surface area (Å²) in [5.41, 5.74) is 2.66. The summed E-state index contributed by atoms with van der Waals surface area (Å²) in [6.07, 6.45) is 0.697. The second-order valence-corrected chi connectivity index (χ2v) is 5.87. The largest absolute Gasteiger partial charge is 0.497 e. The number of fused-ring (bicyclic) bond motifs is 1. The van der Waals surface area contributed by atoms with E-state index in [-0.39, 0.29) is 11.5 Å². The number of carbonyl (C=O) groups excluding carboxylic acids is 1. The Morgan fingerprint density at radius 1 is 0.960 bits per heavy atom. The lowest BCUT2D eigenvalue weighted by molar-refractivity contribution is 0.0696. The molecule has 0 bridgehead atoms. The Bertz CT molecular complexity index is 808. The van der Waals surface area contributed by atoms with Crippen LogP contribution in [0.1, 0.15) is 31.8 Å². The van der Waals surface area contributed by atoms with Gasteiger partial charge in [0.05, 0.1) is 19.8 Å². The third kappa shape index (κ3) is 3.42. The van der Waals surface area contributed by atoms with Crippen molar-refractivity contribution in [1.29, 1.82) is 0 Å². The highest BCUT2D eigenvalue weighted by molar-refractivity contribution is 5.95. The van der Waals surface area contributed by atoms with Gasteiger partial charge in [0, 0.05) is 24.7 Å². The second kappa shape index (κ2) is 6.84. The van der Waals surface area contributed by atoms with E-state index < -0.39 is 5.97 Å². The van der Waals surface area contributed by atoms with Gasteiger partial charge in [-0.05, 0) is 41.8 Å². The molecule has 0 saturated heterocycles. The number of nitrogens with zero attached hydrogens (tertiary/aromatic N) is 1. The van der Waals surface area contributed by atoms with Gasteiger partial charge in [0.15, 0.2) is 0 Å². The fourth-order valence-electron chi connectivity index (χ4n) is 2.98. The Kier molecular flexibility index (Phi) is 4.61. The van der Waals surface area contributed by atoms with Crippen molar-refractivity contribution < 1.29 is 24.2 Å². The Hall–Kier alpha value is -3.02. The monoisotopic (exact) mass is 341 g/mol. The van der Waals surface area contributed by atoms with Crippen molar-refractivity contribution in [2.45, 2.75) is 13.0 Å². The van der Waals surface area contributed by atoms with Crippen LogP contribution in [0, 0.1) is 0 Å². The number of carbonyl (C=O) groups is 2. The summed E-state index contributed by atoms with van der Waals surface area (Å²) in [5, 5.41) is 9.15. The maximum absolute atomic E-state index is 12.9. The van der Waals surface area contributed by atoms with Gasteiger partial charge in [-0.25, -0.2) is 4.79 Å². The molecule has 6 heteroatoms. The minimum atomic E-state index is -0.969. The van der Waals surface area contributed by atoms with Gasteiger partial charge < -0.3 is 19.5 Å². The van der Waals surface area contributed by atoms with E-state index in [0.29, 0.717) is 36.6 Å². The van der Waals surface area contributed by atoms with Gasteiger partial charge in [-0.3, -0.25) is 4.79 Å². The zero-order valence-corrected chi connectivity index (χ0v) is 14.1. The molecule has 0 spiro atoms. The molecule has 1 amide bonds. The molecule has 0 aromatic heterocycles. The number of ether oxygens (including phenoxy) is 2. The average Bonchev–Trinajstić information content (AvgIpc) is 2.65. The predicted octanol–water partition coefficient (Wildman–Crippen LogP) is 2.60. The van der Waals surface area contributed by atoms with E-state index in [1.807, 2.05) is 6.07 Å². The lowest BCUT2D eigenvalue weighted by Crippen LogP contribution is -2.36. The molecule has 0 saturated carbocycles. The normalized spacial score (nSPS) is 13.1. The first-order valence-corrected chi connectivity index (χ1v) is 7.89. The van der Waals surface area contributed by atoms with Crippen molar-refractivity contribution in [1.82, 2.24) is 4.90 Å². The van der Waals surface area contributed by atoms with E-state index in [0.717, 1.165) is 11.1 Å². The molecule has 1 aliphatic heterocycles. The molecule has 3 rings (SSSR count). The molecule has 0 aliphatic carbocycles. The first-order chi connectivity index (χ1) is 12.0. The second-order valence-electron chi connectivity index (χ2n) is 5.87. The summed E-state index contributed by atoms with van der Waals surface area (Å²) in [4.78, 5) is 25.7. The average molecular weight is 341 g/mol. The molecule has 1 N–H and O–H groups in total. The van der Waals surface area contributed by atoms with Gasteiger partial charge in [-0.1, -0.05) is 6.07 Å². The van der Waals surface area contributed by atoms with Crippen LogP contribution in [0.3, 0.4) is 0 Å². The molecule has 1 aliphatic rings. The number of hydrogen-bond acceptors (Lipinski definition) is 4. The van der Waals surface area contributed by atoms with Crippen molar-refractivity contribution in [2.75, 3.05) is 20.8 Å². The lowest BCUT2D eigenvalue weighted by atomic mass is 9.97. The maximum atomic E-state index is 12.9. The zero-order valence-electron chi connectivity index (χ0n) is 14.1. The van der Waals surface area contributed by atoms with Gasteiger partial charge >= 0.3 is 5.97 Å². The summed E-state index contributed by atoms with van der Waals surface area (Å²) in [6.45, 7) is 0.965. The van der Waals surface area contributed by atoms with Gasteiger partial charge in [0.25, 0.3) is 5.91 Å². The van der Waals surface area contributed by atoms with Crippen molar-refractivity contribution in [3.8, 4) is 11.5 Å². The minimum Gasteiger partial charge on any atom is -0.497 e. The van der Waals surface area contributed by atoms with Gasteiger partial charge in [0.1, 0.15) is 11.5 Å². The Morgan fingerprint density at radius 3 is 2.24 bits per heavy atom. The van der Waals surface area contributed by atoms with Crippen molar-refractivity contribution in [2.24, 2.45) is 0 Å². The fourth-order valence-corrected chi connectivity index (χ4v) is 2.98. The minimum absolute atomic E-state index is 0.136. The standard InChI is InChI=1S/C19H19NO5/c1-24-16-8-14(9-17(10-16)25-2)18(21)20-6-5-12-3-4-13(19(22)23)7-15(12)11-20/h3-4,7-10H,5-6,11H2,1-2H3,(H,22,23). The smallest absolute Gasteiger partial charge is 0.335 e. The van der Waals surface area contributed by atoms with Crippen LogP contribution < -0.4 is 9.47 Å². The van der Waals surface area contributed by atoms with Gasteiger partial charge in [-0.15, -0.1) is 0 Å². The number of aromatic carboxylic acids is 1. The van der Waals surface area contributed by atoms with Crippen LogP contribution in [-0.2, 0) is 13.0 Å². The van der Waals surface area contributed by atoms with Crippen LogP contribution in [0.25, 0.3) is 0 Å². The van der Waals surface area contributed by atoms with Crippen LogP contribution in [-0.4, -0.2) is 42.6 Å². The topological polar surface area (TPSA) is 76.1 Å². The van der Waals surface area contributed by atoms with Crippen LogP contribution in [0.2, 0.25) is 0 Å². The third-order valence-corrected chi connectivity index (χ3v) is 4.35. The lowest BCUT2D eigenvalue weighted by Gasteiger charge is -2.29. The van der Waals surface area contributed by atoms with E-state index >= 15 is 0 Å². The molecule has 6 nitrogen and oxygen atoms in total. The molecule has 2 aromatic rings. The molecule has 0 fully saturated rings. The van der Waals surface area contributed by atoms with Crippen LogP contribution in [0.15, 0.2) is 36.4 Å². The predicted molar refractivity (Wildman–Crippen MR) is 91.4 cm³/mol. The molecule has 0 unspecified atom stereocenters. The SMILES string of the molecule is COc1cc(OC)cc(C(=O)N2CCc3ccc(C(=O)O)cc3C2)c1. The number of hydrogen-bond donors (Lipinski definition) is 1. The van der Waals surface area contributed by atoms with E-state index in [9.17, 15) is 9.59 Å². The van der Waals surface area contributed by atoms with Crippen LogP contribution >= 0.6 is 0 Å². The Labute approximate surface area is 145 Å². The number of carboxylic acid groups (broad SMARTS) is 1. The first-order valence-electron chi connectivity index (χ1n) is 7.89.